The van der Waals surface area contributed by atoms with Crippen LogP contribution in [0.3, 0.4) is 0 Å². The van der Waals surface area contributed by atoms with Gasteiger partial charge in [-0.25, -0.2) is 0 Å². The minimum atomic E-state index is 0.405. The third-order valence-corrected chi connectivity index (χ3v) is 4.41. The van der Waals surface area contributed by atoms with Gasteiger partial charge >= 0.3 is 0 Å². The first-order chi connectivity index (χ1) is 7.54. The van der Waals surface area contributed by atoms with Crippen molar-refractivity contribution in [2.75, 3.05) is 19.6 Å². The fourth-order valence-electron chi connectivity index (χ4n) is 2.55. The largest absolute Gasteiger partial charge is 0.330 e. The molecule has 1 saturated carbocycles. The zero-order chi connectivity index (χ0) is 12.1. The van der Waals surface area contributed by atoms with E-state index in [1.54, 1.807) is 0 Å². The van der Waals surface area contributed by atoms with Crippen molar-refractivity contribution in [1.82, 2.24) is 5.32 Å². The van der Waals surface area contributed by atoms with E-state index in [0.717, 1.165) is 19.6 Å². The van der Waals surface area contributed by atoms with Crippen molar-refractivity contribution in [3.8, 4) is 0 Å². The van der Waals surface area contributed by atoms with Crippen molar-refractivity contribution in [2.24, 2.45) is 16.6 Å². The Kier molecular flexibility index (Phi) is 5.26. The molecule has 0 amide bonds. The molecule has 0 spiro atoms. The summed E-state index contributed by atoms with van der Waals surface area (Å²) in [6, 6.07) is 0. The van der Waals surface area contributed by atoms with Gasteiger partial charge in [-0.2, -0.15) is 0 Å². The zero-order valence-corrected chi connectivity index (χ0v) is 11.4. The van der Waals surface area contributed by atoms with E-state index in [4.69, 9.17) is 5.73 Å². The summed E-state index contributed by atoms with van der Waals surface area (Å²) >= 11 is 0. The maximum atomic E-state index is 5.98. The van der Waals surface area contributed by atoms with Gasteiger partial charge in [0, 0.05) is 13.1 Å². The number of nitrogens with two attached hydrogens (primary N) is 1. The number of hydrogen-bond donors (Lipinski definition) is 2. The predicted octanol–water partition coefficient (Wildman–Crippen LogP) is 2.92. The third-order valence-electron chi connectivity index (χ3n) is 4.41. The molecule has 1 fully saturated rings. The van der Waals surface area contributed by atoms with Crippen molar-refractivity contribution in [1.29, 1.82) is 0 Å². The summed E-state index contributed by atoms with van der Waals surface area (Å²) in [5.41, 5.74) is 6.81. The molecule has 0 radical (unpaired) electrons. The van der Waals surface area contributed by atoms with Crippen LogP contribution in [0.25, 0.3) is 0 Å². The lowest BCUT2D eigenvalue weighted by molar-refractivity contribution is 0.181. The fraction of sp³-hybridized carbons (Fsp3) is 1.00. The third kappa shape index (κ3) is 4.06. The van der Waals surface area contributed by atoms with Crippen molar-refractivity contribution >= 4 is 0 Å². The fourth-order valence-corrected chi connectivity index (χ4v) is 2.55. The summed E-state index contributed by atoms with van der Waals surface area (Å²) in [4.78, 5) is 0. The van der Waals surface area contributed by atoms with E-state index in [-0.39, 0.29) is 0 Å². The molecule has 1 aliphatic rings. The summed E-state index contributed by atoms with van der Waals surface area (Å²) in [5, 5.41) is 3.66. The highest BCUT2D eigenvalue weighted by molar-refractivity contribution is 4.86. The number of rotatable bonds is 6. The van der Waals surface area contributed by atoms with Crippen LogP contribution in [-0.4, -0.2) is 19.6 Å². The van der Waals surface area contributed by atoms with E-state index in [1.165, 1.54) is 38.5 Å². The Balaban J connectivity index is 2.33. The summed E-state index contributed by atoms with van der Waals surface area (Å²) < 4.78 is 0. The van der Waals surface area contributed by atoms with Gasteiger partial charge in [0.15, 0.2) is 0 Å². The molecule has 96 valence electrons. The Morgan fingerprint density at radius 3 is 2.31 bits per heavy atom. The smallest absolute Gasteiger partial charge is 0.00201 e. The van der Waals surface area contributed by atoms with E-state index in [0.29, 0.717) is 10.8 Å². The average Bonchev–Trinajstić information content (AvgIpc) is 2.30. The monoisotopic (exact) mass is 226 g/mol. The van der Waals surface area contributed by atoms with Crippen LogP contribution in [0, 0.1) is 10.8 Å². The lowest BCUT2D eigenvalue weighted by Crippen LogP contribution is -2.44. The van der Waals surface area contributed by atoms with Crippen LogP contribution in [0.15, 0.2) is 0 Å². The minimum Gasteiger partial charge on any atom is -0.330 e. The summed E-state index contributed by atoms with van der Waals surface area (Å²) in [6.45, 7) is 10.0. The van der Waals surface area contributed by atoms with Crippen molar-refractivity contribution in [3.63, 3.8) is 0 Å². The maximum Gasteiger partial charge on any atom is 0.00201 e. The Hall–Kier alpha value is -0.0800. The van der Waals surface area contributed by atoms with Crippen molar-refractivity contribution in [2.45, 2.75) is 59.3 Å². The molecule has 0 aromatic rings. The first kappa shape index (κ1) is 14.0. The Morgan fingerprint density at radius 2 is 1.81 bits per heavy atom. The molecule has 1 rings (SSSR count). The van der Waals surface area contributed by atoms with Gasteiger partial charge in [-0.05, 0) is 36.6 Å². The van der Waals surface area contributed by atoms with Gasteiger partial charge in [0.2, 0.25) is 0 Å². The molecule has 2 nitrogen and oxygen atoms in total. The second-order valence-electron chi connectivity index (χ2n) is 6.39. The normalized spacial score (nSPS) is 21.0. The molecular weight excluding hydrogens is 196 g/mol. The second-order valence-corrected chi connectivity index (χ2v) is 6.39. The van der Waals surface area contributed by atoms with Gasteiger partial charge in [0.1, 0.15) is 0 Å². The summed E-state index contributed by atoms with van der Waals surface area (Å²) in [6.07, 6.45) is 8.02. The highest BCUT2D eigenvalue weighted by atomic mass is 14.9. The number of hydrogen-bond acceptors (Lipinski definition) is 2. The molecule has 0 aliphatic heterocycles. The van der Waals surface area contributed by atoms with Crippen LogP contribution < -0.4 is 11.1 Å². The van der Waals surface area contributed by atoms with Gasteiger partial charge in [0.25, 0.3) is 0 Å². The number of nitrogens with one attached hydrogen (secondary N) is 1. The highest BCUT2D eigenvalue weighted by Gasteiger charge is 2.30. The second kappa shape index (κ2) is 6.02. The van der Waals surface area contributed by atoms with E-state index >= 15 is 0 Å². The van der Waals surface area contributed by atoms with Crippen molar-refractivity contribution in [3.05, 3.63) is 0 Å². The topological polar surface area (TPSA) is 38.0 Å². The van der Waals surface area contributed by atoms with Gasteiger partial charge in [-0.1, -0.05) is 40.0 Å². The van der Waals surface area contributed by atoms with Crippen molar-refractivity contribution < 1.29 is 0 Å². The molecule has 0 unspecified atom stereocenters. The Morgan fingerprint density at radius 1 is 1.19 bits per heavy atom. The first-order valence-electron chi connectivity index (χ1n) is 6.94. The van der Waals surface area contributed by atoms with Crippen LogP contribution in [0.2, 0.25) is 0 Å². The van der Waals surface area contributed by atoms with Crippen LogP contribution >= 0.6 is 0 Å². The zero-order valence-electron chi connectivity index (χ0n) is 11.4. The molecule has 1 aliphatic carbocycles. The van der Waals surface area contributed by atoms with Gasteiger partial charge in [-0.3, -0.25) is 0 Å². The van der Waals surface area contributed by atoms with E-state index < -0.39 is 0 Å². The molecule has 0 saturated heterocycles. The van der Waals surface area contributed by atoms with Crippen LogP contribution in [0.5, 0.6) is 0 Å². The molecule has 0 aromatic heterocycles. The van der Waals surface area contributed by atoms with Crippen LogP contribution in [0.1, 0.15) is 59.3 Å². The standard InChI is InChI=1S/C14H30N2/c1-4-13(2,3)11-16-12-14(10-15)8-6-5-7-9-14/h16H,4-12,15H2,1-3H3. The van der Waals surface area contributed by atoms with Gasteiger partial charge in [0.05, 0.1) is 0 Å². The Bertz CT molecular complexity index is 193. The minimum absolute atomic E-state index is 0.405. The molecule has 2 heteroatoms. The Labute approximate surface area is 101 Å². The quantitative estimate of drug-likeness (QED) is 0.731. The SMILES string of the molecule is CCC(C)(C)CNCC1(CN)CCCCC1. The molecule has 0 bridgehead atoms. The summed E-state index contributed by atoms with van der Waals surface area (Å²) in [7, 11) is 0. The molecule has 3 N–H and O–H groups in total. The predicted molar refractivity (Wildman–Crippen MR) is 71.5 cm³/mol. The van der Waals surface area contributed by atoms with E-state index in [1.807, 2.05) is 0 Å². The summed E-state index contributed by atoms with van der Waals surface area (Å²) in [5.74, 6) is 0. The molecule has 0 heterocycles. The molecule has 0 atom stereocenters. The molecule has 16 heavy (non-hydrogen) atoms. The van der Waals surface area contributed by atoms with Crippen LogP contribution in [0.4, 0.5) is 0 Å². The molecule has 0 aromatic carbocycles. The van der Waals surface area contributed by atoms with Gasteiger partial charge in [-0.15, -0.1) is 0 Å². The lowest BCUT2D eigenvalue weighted by atomic mass is 9.74. The lowest BCUT2D eigenvalue weighted by Gasteiger charge is -2.37. The van der Waals surface area contributed by atoms with E-state index in [2.05, 4.69) is 26.1 Å². The average molecular weight is 226 g/mol. The maximum absolute atomic E-state index is 5.98. The van der Waals surface area contributed by atoms with Gasteiger partial charge < -0.3 is 11.1 Å². The van der Waals surface area contributed by atoms with Crippen LogP contribution in [-0.2, 0) is 0 Å². The van der Waals surface area contributed by atoms with E-state index in [9.17, 15) is 0 Å². The highest BCUT2D eigenvalue weighted by Crippen LogP contribution is 2.34. The molecular formula is C14H30N2. The first-order valence-corrected chi connectivity index (χ1v) is 6.94.